The quantitative estimate of drug-likeness (QED) is 0.456. The predicted molar refractivity (Wildman–Crippen MR) is 87.6 cm³/mol. The Labute approximate surface area is 136 Å². The lowest BCUT2D eigenvalue weighted by Gasteiger charge is -2.07. The molecule has 2 amide bonds. The van der Waals surface area contributed by atoms with Gasteiger partial charge in [0.2, 0.25) is 0 Å². The summed E-state index contributed by atoms with van der Waals surface area (Å²) in [5.41, 5.74) is 1.75. The number of aliphatic carboxylic acids is 1. The van der Waals surface area contributed by atoms with Crippen LogP contribution in [0.1, 0.15) is 48.0 Å². The number of Topliss-reactive ketones (excluding diaryl/α,β-unsaturated/α-hetero) is 1. The number of benzene rings is 1. The maximum Gasteiger partial charge on any atom is 0.314 e. The molecule has 1 aromatic rings. The molecule has 0 radical (unpaired) electrons. The predicted octanol–water partition coefficient (Wildman–Crippen LogP) is 2.51. The van der Waals surface area contributed by atoms with E-state index in [9.17, 15) is 14.4 Å². The molecule has 0 spiro atoms. The zero-order valence-electron chi connectivity index (χ0n) is 13.4. The van der Waals surface area contributed by atoms with Crippen LogP contribution >= 0.6 is 0 Å². The highest BCUT2D eigenvalue weighted by atomic mass is 16.4. The van der Waals surface area contributed by atoms with E-state index < -0.39 is 5.97 Å². The average molecular weight is 320 g/mol. The number of carbonyl (C=O) groups excluding carboxylic acids is 2. The average Bonchev–Trinajstić information content (AvgIpc) is 2.51. The highest BCUT2D eigenvalue weighted by molar-refractivity contribution is 5.96. The van der Waals surface area contributed by atoms with Gasteiger partial charge in [0.1, 0.15) is 0 Å². The van der Waals surface area contributed by atoms with Gasteiger partial charge in [0.15, 0.2) is 5.78 Å². The molecule has 0 heterocycles. The molecular formula is C17H24N2O4. The second kappa shape index (κ2) is 10.4. The molecule has 0 saturated carbocycles. The lowest BCUT2D eigenvalue weighted by molar-refractivity contribution is -0.137. The third-order valence-electron chi connectivity index (χ3n) is 3.36. The number of urea groups is 1. The van der Waals surface area contributed by atoms with Crippen molar-refractivity contribution < 1.29 is 19.5 Å². The molecule has 0 aromatic heterocycles. The molecule has 0 aliphatic heterocycles. The number of ketones is 1. The number of carboxylic acids is 1. The molecule has 0 unspecified atom stereocenters. The standard InChI is InChI=1S/C17H24N2O4/c1-13-6-8-14(9-7-13)15(20)10-12-19-17(23)18-11-4-2-3-5-16(21)22/h6-9H,2-5,10-12H2,1H3,(H,21,22)(H2,18,19,23). The second-order valence-electron chi connectivity index (χ2n) is 5.43. The molecule has 0 bridgehead atoms. The summed E-state index contributed by atoms with van der Waals surface area (Å²) in [6.07, 6.45) is 2.54. The Morgan fingerprint density at radius 2 is 1.57 bits per heavy atom. The van der Waals surface area contributed by atoms with E-state index in [4.69, 9.17) is 5.11 Å². The zero-order valence-corrected chi connectivity index (χ0v) is 13.4. The number of aryl methyl sites for hydroxylation is 1. The maximum atomic E-state index is 11.9. The van der Waals surface area contributed by atoms with E-state index >= 15 is 0 Å². The number of unbranched alkanes of at least 4 members (excludes halogenated alkanes) is 2. The Kier molecular flexibility index (Phi) is 8.42. The highest BCUT2D eigenvalue weighted by Crippen LogP contribution is 2.05. The van der Waals surface area contributed by atoms with Crippen molar-refractivity contribution in [1.29, 1.82) is 0 Å². The lowest BCUT2D eigenvalue weighted by Crippen LogP contribution is -2.37. The number of rotatable bonds is 10. The molecule has 1 aromatic carbocycles. The van der Waals surface area contributed by atoms with Gasteiger partial charge < -0.3 is 15.7 Å². The molecule has 126 valence electrons. The Balaban J connectivity index is 2.08. The largest absolute Gasteiger partial charge is 0.481 e. The Morgan fingerprint density at radius 1 is 0.913 bits per heavy atom. The van der Waals surface area contributed by atoms with Crippen LogP contribution in [0.4, 0.5) is 4.79 Å². The van der Waals surface area contributed by atoms with Gasteiger partial charge >= 0.3 is 12.0 Å². The number of amides is 2. The molecule has 0 aliphatic carbocycles. The zero-order chi connectivity index (χ0) is 17.1. The van der Waals surface area contributed by atoms with E-state index in [2.05, 4.69) is 10.6 Å². The molecule has 0 saturated heterocycles. The number of nitrogens with one attached hydrogen (secondary N) is 2. The van der Waals surface area contributed by atoms with Crippen LogP contribution in [0.3, 0.4) is 0 Å². The van der Waals surface area contributed by atoms with Crippen LogP contribution in [0.2, 0.25) is 0 Å². The Hall–Kier alpha value is -2.37. The van der Waals surface area contributed by atoms with Gasteiger partial charge in [0.05, 0.1) is 0 Å². The third-order valence-corrected chi connectivity index (χ3v) is 3.36. The van der Waals surface area contributed by atoms with Crippen molar-refractivity contribution >= 4 is 17.8 Å². The van der Waals surface area contributed by atoms with E-state index in [0.29, 0.717) is 18.5 Å². The van der Waals surface area contributed by atoms with Gasteiger partial charge in [-0.1, -0.05) is 36.2 Å². The van der Waals surface area contributed by atoms with Crippen molar-refractivity contribution in [1.82, 2.24) is 10.6 Å². The van der Waals surface area contributed by atoms with Gasteiger partial charge in [-0.05, 0) is 19.8 Å². The normalized spacial score (nSPS) is 10.1. The minimum atomic E-state index is -0.797. The summed E-state index contributed by atoms with van der Waals surface area (Å²) in [6, 6.07) is 7.04. The molecule has 0 fully saturated rings. The van der Waals surface area contributed by atoms with Crippen molar-refractivity contribution in [2.45, 2.75) is 39.0 Å². The summed E-state index contributed by atoms with van der Waals surface area (Å²) in [5.74, 6) is -0.798. The number of hydrogen-bond acceptors (Lipinski definition) is 3. The first-order valence-corrected chi connectivity index (χ1v) is 7.82. The van der Waals surface area contributed by atoms with E-state index in [1.807, 2.05) is 19.1 Å². The smallest absolute Gasteiger partial charge is 0.314 e. The Bertz CT molecular complexity index is 526. The van der Waals surface area contributed by atoms with Crippen molar-refractivity contribution in [2.24, 2.45) is 0 Å². The molecule has 6 nitrogen and oxygen atoms in total. The van der Waals surface area contributed by atoms with Crippen LogP contribution in [-0.2, 0) is 4.79 Å². The fourth-order valence-electron chi connectivity index (χ4n) is 2.02. The van der Waals surface area contributed by atoms with Crippen LogP contribution < -0.4 is 10.6 Å². The second-order valence-corrected chi connectivity index (χ2v) is 5.43. The lowest BCUT2D eigenvalue weighted by atomic mass is 10.1. The van der Waals surface area contributed by atoms with Gasteiger partial charge in [-0.25, -0.2) is 4.79 Å². The minimum Gasteiger partial charge on any atom is -0.481 e. The summed E-state index contributed by atoms with van der Waals surface area (Å²) >= 11 is 0. The monoisotopic (exact) mass is 320 g/mol. The van der Waals surface area contributed by atoms with Gasteiger partial charge in [-0.15, -0.1) is 0 Å². The van der Waals surface area contributed by atoms with Crippen molar-refractivity contribution in [3.05, 3.63) is 35.4 Å². The minimum absolute atomic E-state index is 0.000953. The van der Waals surface area contributed by atoms with E-state index in [1.165, 1.54) is 0 Å². The van der Waals surface area contributed by atoms with Gasteiger partial charge in [0, 0.05) is 31.5 Å². The van der Waals surface area contributed by atoms with E-state index in [1.54, 1.807) is 12.1 Å². The number of carbonyl (C=O) groups is 3. The topological polar surface area (TPSA) is 95.5 Å². The van der Waals surface area contributed by atoms with Crippen LogP contribution in [-0.4, -0.2) is 36.0 Å². The molecule has 3 N–H and O–H groups in total. The van der Waals surface area contributed by atoms with Gasteiger partial charge in [-0.3, -0.25) is 9.59 Å². The van der Waals surface area contributed by atoms with Gasteiger partial charge in [-0.2, -0.15) is 0 Å². The summed E-state index contributed by atoms with van der Waals surface area (Å²) in [4.78, 5) is 33.7. The summed E-state index contributed by atoms with van der Waals surface area (Å²) in [5, 5.41) is 13.8. The van der Waals surface area contributed by atoms with Crippen LogP contribution in [0.15, 0.2) is 24.3 Å². The molecule has 0 aliphatic rings. The molecule has 23 heavy (non-hydrogen) atoms. The molecule has 6 heteroatoms. The van der Waals surface area contributed by atoms with Crippen LogP contribution in [0.5, 0.6) is 0 Å². The van der Waals surface area contributed by atoms with Crippen molar-refractivity contribution in [3.8, 4) is 0 Å². The van der Waals surface area contributed by atoms with E-state index in [-0.39, 0.29) is 31.2 Å². The van der Waals surface area contributed by atoms with Crippen molar-refractivity contribution in [3.63, 3.8) is 0 Å². The molecule has 0 atom stereocenters. The van der Waals surface area contributed by atoms with Crippen LogP contribution in [0.25, 0.3) is 0 Å². The molecular weight excluding hydrogens is 296 g/mol. The van der Waals surface area contributed by atoms with E-state index in [0.717, 1.165) is 18.4 Å². The number of hydrogen-bond donors (Lipinski definition) is 3. The first-order chi connectivity index (χ1) is 11.0. The third kappa shape index (κ3) is 8.60. The molecule has 1 rings (SSSR count). The van der Waals surface area contributed by atoms with Crippen LogP contribution in [0, 0.1) is 6.92 Å². The fraction of sp³-hybridized carbons (Fsp3) is 0.471. The fourth-order valence-corrected chi connectivity index (χ4v) is 2.02. The SMILES string of the molecule is Cc1ccc(C(=O)CCNC(=O)NCCCCCC(=O)O)cc1. The first-order valence-electron chi connectivity index (χ1n) is 7.82. The Morgan fingerprint density at radius 3 is 2.22 bits per heavy atom. The maximum absolute atomic E-state index is 11.9. The summed E-state index contributed by atoms with van der Waals surface area (Å²) in [7, 11) is 0. The van der Waals surface area contributed by atoms with Gasteiger partial charge in [0.25, 0.3) is 0 Å². The summed E-state index contributed by atoms with van der Waals surface area (Å²) in [6.45, 7) is 2.75. The first kappa shape index (κ1) is 18.7. The highest BCUT2D eigenvalue weighted by Gasteiger charge is 2.06. The number of carboxylic acid groups (broad SMARTS) is 1. The van der Waals surface area contributed by atoms with Crippen molar-refractivity contribution in [2.75, 3.05) is 13.1 Å². The summed E-state index contributed by atoms with van der Waals surface area (Å²) < 4.78 is 0.